The molecule has 6 heteroatoms. The predicted molar refractivity (Wildman–Crippen MR) is 153 cm³/mol. The van der Waals surface area contributed by atoms with Crippen molar-refractivity contribution in [2.24, 2.45) is 5.92 Å². The second-order valence-electron chi connectivity index (χ2n) is 10.8. The molecule has 0 N–H and O–H groups in total. The van der Waals surface area contributed by atoms with Gasteiger partial charge in [0.1, 0.15) is 0 Å². The second kappa shape index (κ2) is 13.7. The van der Waals surface area contributed by atoms with Gasteiger partial charge in [0.2, 0.25) is 5.75 Å². The van der Waals surface area contributed by atoms with Crippen LogP contribution >= 0.6 is 0 Å². The van der Waals surface area contributed by atoms with E-state index < -0.39 is 0 Å². The van der Waals surface area contributed by atoms with Gasteiger partial charge in [0.25, 0.3) is 5.91 Å². The summed E-state index contributed by atoms with van der Waals surface area (Å²) in [6.07, 6.45) is 11.3. The summed E-state index contributed by atoms with van der Waals surface area (Å²) in [7, 11) is 4.74. The zero-order valence-corrected chi connectivity index (χ0v) is 23.6. The van der Waals surface area contributed by atoms with E-state index in [1.54, 1.807) is 33.5 Å². The van der Waals surface area contributed by atoms with Gasteiger partial charge >= 0.3 is 0 Å². The van der Waals surface area contributed by atoms with Crippen molar-refractivity contribution in [1.82, 2.24) is 9.80 Å². The van der Waals surface area contributed by atoms with Crippen LogP contribution in [0.1, 0.15) is 67.8 Å². The smallest absolute Gasteiger partial charge is 0.254 e. The lowest BCUT2D eigenvalue weighted by molar-refractivity contribution is 0.0709. The Labute approximate surface area is 228 Å². The molecule has 4 rings (SSSR count). The average molecular weight is 521 g/mol. The minimum Gasteiger partial charge on any atom is -0.493 e. The topological polar surface area (TPSA) is 51.2 Å². The molecule has 0 unspecified atom stereocenters. The van der Waals surface area contributed by atoms with E-state index in [4.69, 9.17) is 14.2 Å². The molecule has 2 aliphatic rings. The summed E-state index contributed by atoms with van der Waals surface area (Å²) in [5.74, 6) is 2.25. The van der Waals surface area contributed by atoms with Crippen LogP contribution in [0.4, 0.5) is 0 Å². The number of amides is 1. The standard InChI is InChI=1S/C32H44N2O4/c1-24(18-25-12-7-5-8-13-25)21-34(23-28-16-11-17-33(28)22-26-14-9-6-10-15-26)32(35)27-19-29(36-2)31(38-4)30(20-27)37-3/h5,7-8,12-13,18-20,26,28H,6,9-11,14-17,21-23H2,1-4H3/b24-18+/t28-/m0/s1. The summed E-state index contributed by atoms with van der Waals surface area (Å²) in [4.78, 5) is 18.7. The first-order valence-corrected chi connectivity index (χ1v) is 14.1. The number of methoxy groups -OCH3 is 3. The maximum atomic E-state index is 14.1. The number of rotatable bonds is 11. The Hall–Kier alpha value is -2.99. The van der Waals surface area contributed by atoms with Crippen LogP contribution in [0.3, 0.4) is 0 Å². The zero-order valence-electron chi connectivity index (χ0n) is 23.6. The fourth-order valence-corrected chi connectivity index (χ4v) is 6.08. The summed E-state index contributed by atoms with van der Waals surface area (Å²) in [6, 6.07) is 14.2. The van der Waals surface area contributed by atoms with Gasteiger partial charge in [-0.05, 0) is 62.8 Å². The molecule has 1 heterocycles. The molecule has 1 saturated carbocycles. The summed E-state index contributed by atoms with van der Waals surface area (Å²) >= 11 is 0. The van der Waals surface area contributed by atoms with Gasteiger partial charge in [0, 0.05) is 31.2 Å². The first-order chi connectivity index (χ1) is 18.5. The van der Waals surface area contributed by atoms with E-state index in [1.165, 1.54) is 38.5 Å². The molecule has 0 spiro atoms. The molecule has 1 atom stereocenters. The molecule has 1 saturated heterocycles. The Bertz CT molecular complexity index is 1050. The molecule has 2 aromatic rings. The molecule has 2 fully saturated rings. The van der Waals surface area contributed by atoms with E-state index in [1.807, 2.05) is 23.1 Å². The van der Waals surface area contributed by atoms with Gasteiger partial charge in [-0.3, -0.25) is 9.69 Å². The van der Waals surface area contributed by atoms with E-state index in [0.717, 1.165) is 36.6 Å². The van der Waals surface area contributed by atoms with Crippen molar-refractivity contribution >= 4 is 12.0 Å². The number of carbonyl (C=O) groups is 1. The SMILES string of the molecule is COc1cc(C(=O)N(C/C(C)=C/c2ccccc2)C[C@@H]2CCCN2CC2CCCCC2)cc(OC)c1OC. The Morgan fingerprint density at radius 2 is 1.63 bits per heavy atom. The fraction of sp³-hybridized carbons (Fsp3) is 0.531. The highest BCUT2D eigenvalue weighted by Crippen LogP contribution is 2.38. The minimum atomic E-state index is -0.0189. The van der Waals surface area contributed by atoms with Gasteiger partial charge in [-0.25, -0.2) is 0 Å². The second-order valence-corrected chi connectivity index (χ2v) is 10.8. The van der Waals surface area contributed by atoms with Gasteiger partial charge in [-0.15, -0.1) is 0 Å². The number of nitrogens with zero attached hydrogens (tertiary/aromatic N) is 2. The van der Waals surface area contributed by atoms with Crippen LogP contribution in [0.2, 0.25) is 0 Å². The normalized spacial score (nSPS) is 18.8. The molecule has 38 heavy (non-hydrogen) atoms. The fourth-order valence-electron chi connectivity index (χ4n) is 6.08. The van der Waals surface area contributed by atoms with Crippen molar-refractivity contribution in [3.05, 3.63) is 59.2 Å². The van der Waals surface area contributed by atoms with E-state index in [2.05, 4.69) is 30.0 Å². The van der Waals surface area contributed by atoms with Gasteiger partial charge in [-0.2, -0.15) is 0 Å². The van der Waals surface area contributed by atoms with Gasteiger partial charge in [0.15, 0.2) is 11.5 Å². The van der Waals surface area contributed by atoms with Gasteiger partial charge in [0.05, 0.1) is 21.3 Å². The number of hydrogen-bond donors (Lipinski definition) is 0. The number of benzene rings is 2. The van der Waals surface area contributed by atoms with E-state index in [9.17, 15) is 4.79 Å². The third-order valence-electron chi connectivity index (χ3n) is 8.00. The molecule has 1 aliphatic carbocycles. The highest BCUT2D eigenvalue weighted by Gasteiger charge is 2.31. The van der Waals surface area contributed by atoms with Crippen molar-refractivity contribution in [2.75, 3.05) is 47.5 Å². The van der Waals surface area contributed by atoms with E-state index >= 15 is 0 Å². The van der Waals surface area contributed by atoms with Gasteiger partial charge < -0.3 is 19.1 Å². The molecule has 206 valence electrons. The molecule has 0 bridgehead atoms. The Morgan fingerprint density at radius 3 is 2.26 bits per heavy atom. The van der Waals surface area contributed by atoms with Crippen LogP contribution in [0.25, 0.3) is 6.08 Å². The lowest BCUT2D eigenvalue weighted by atomic mass is 9.89. The number of likely N-dealkylation sites (tertiary alicyclic amines) is 1. The predicted octanol–water partition coefficient (Wildman–Crippen LogP) is 6.30. The van der Waals surface area contributed by atoms with E-state index in [-0.39, 0.29) is 5.91 Å². The molecule has 1 aliphatic heterocycles. The Kier molecular flexibility index (Phi) is 10.1. The third-order valence-corrected chi connectivity index (χ3v) is 8.00. The monoisotopic (exact) mass is 520 g/mol. The number of hydrogen-bond acceptors (Lipinski definition) is 5. The Balaban J connectivity index is 1.59. The van der Waals surface area contributed by atoms with Crippen molar-refractivity contribution < 1.29 is 19.0 Å². The summed E-state index contributed by atoms with van der Waals surface area (Å²) < 4.78 is 16.6. The molecule has 0 aromatic heterocycles. The van der Waals surface area contributed by atoms with Crippen molar-refractivity contribution in [3.8, 4) is 17.2 Å². The average Bonchev–Trinajstić information content (AvgIpc) is 3.38. The highest BCUT2D eigenvalue weighted by atomic mass is 16.5. The quantitative estimate of drug-likeness (QED) is 0.348. The van der Waals surface area contributed by atoms with Crippen molar-refractivity contribution in [2.45, 2.75) is 57.9 Å². The maximum absolute atomic E-state index is 14.1. The molecule has 2 aromatic carbocycles. The first-order valence-electron chi connectivity index (χ1n) is 14.1. The van der Waals surface area contributed by atoms with Crippen molar-refractivity contribution in [1.29, 1.82) is 0 Å². The minimum absolute atomic E-state index is 0.0189. The molecule has 1 amide bonds. The van der Waals surface area contributed by atoms with E-state index in [0.29, 0.717) is 41.9 Å². The van der Waals surface area contributed by atoms with Crippen molar-refractivity contribution in [3.63, 3.8) is 0 Å². The highest BCUT2D eigenvalue weighted by molar-refractivity contribution is 5.96. The maximum Gasteiger partial charge on any atom is 0.254 e. The van der Waals surface area contributed by atoms with Crippen LogP contribution in [0.5, 0.6) is 17.2 Å². The lowest BCUT2D eigenvalue weighted by Crippen LogP contribution is -2.45. The van der Waals surface area contributed by atoms with Gasteiger partial charge in [-0.1, -0.05) is 61.2 Å². The van der Waals surface area contributed by atoms with Crippen LogP contribution in [0, 0.1) is 5.92 Å². The van der Waals surface area contributed by atoms with Crippen LogP contribution < -0.4 is 14.2 Å². The molecular formula is C32H44N2O4. The first kappa shape index (κ1) is 28.0. The molecule has 6 nitrogen and oxygen atoms in total. The number of carbonyl (C=O) groups excluding carboxylic acids is 1. The Morgan fingerprint density at radius 1 is 0.947 bits per heavy atom. The van der Waals surface area contributed by atoms with Crippen LogP contribution in [-0.4, -0.2) is 69.3 Å². The number of ether oxygens (including phenoxy) is 3. The summed E-state index contributed by atoms with van der Waals surface area (Å²) in [6.45, 7) is 5.68. The van der Waals surface area contributed by atoms with Crippen LogP contribution in [0.15, 0.2) is 48.0 Å². The van der Waals surface area contributed by atoms with Crippen LogP contribution in [-0.2, 0) is 0 Å². The molecular weight excluding hydrogens is 476 g/mol. The lowest BCUT2D eigenvalue weighted by Gasteiger charge is -2.34. The zero-order chi connectivity index (χ0) is 26.9. The third kappa shape index (κ3) is 7.10. The largest absolute Gasteiger partial charge is 0.493 e. The summed E-state index contributed by atoms with van der Waals surface area (Å²) in [5, 5.41) is 0. The summed E-state index contributed by atoms with van der Waals surface area (Å²) in [5.41, 5.74) is 2.84. The molecule has 0 radical (unpaired) electrons.